The largest absolute Gasteiger partial charge is 0.412 e. The van der Waals surface area contributed by atoms with Crippen molar-refractivity contribution >= 4 is 0 Å². The summed E-state index contributed by atoms with van der Waals surface area (Å²) in [6.07, 6.45) is 6.83. The van der Waals surface area contributed by atoms with Crippen LogP contribution in [0.1, 0.15) is 52.9 Å². The number of aliphatic hydroxyl groups excluding tert-OH is 1. The maximum Gasteiger partial charge on any atom is 0.0547 e. The first-order valence-corrected chi connectivity index (χ1v) is 7.86. The molecule has 0 aromatic carbocycles. The van der Waals surface area contributed by atoms with E-state index in [2.05, 4.69) is 20.8 Å². The van der Waals surface area contributed by atoms with Gasteiger partial charge in [0.1, 0.15) is 0 Å². The third kappa shape index (κ3) is 4.42. The van der Waals surface area contributed by atoms with Gasteiger partial charge in [-0.05, 0) is 62.2 Å². The molecule has 0 aromatic heterocycles. The molecule has 0 spiro atoms. The molecule has 0 bridgehead atoms. The summed E-state index contributed by atoms with van der Waals surface area (Å²) in [7, 11) is 0. The second-order valence-corrected chi connectivity index (χ2v) is 6.75. The van der Waals surface area contributed by atoms with Crippen molar-refractivity contribution in [3.05, 3.63) is 0 Å². The van der Waals surface area contributed by atoms with Crippen LogP contribution in [-0.2, 0) is 4.74 Å². The van der Waals surface area contributed by atoms with E-state index in [1.54, 1.807) is 0 Å². The lowest BCUT2D eigenvalue weighted by Crippen LogP contribution is -2.40. The lowest BCUT2D eigenvalue weighted by molar-refractivity contribution is -0.0319. The molecular weight excluding hydrogens is 256 g/mol. The van der Waals surface area contributed by atoms with Crippen LogP contribution in [0.3, 0.4) is 0 Å². The molecule has 4 unspecified atom stereocenters. The molecule has 2 rings (SSSR count). The molecule has 1 saturated carbocycles. The van der Waals surface area contributed by atoms with Crippen LogP contribution < -0.4 is 0 Å². The van der Waals surface area contributed by atoms with E-state index in [1.165, 1.54) is 32.1 Å². The van der Waals surface area contributed by atoms with Crippen molar-refractivity contribution in [2.75, 3.05) is 13.2 Å². The number of ether oxygens (including phenoxy) is 1. The molecular formula is C16H34O4. The van der Waals surface area contributed by atoms with Crippen LogP contribution in [-0.4, -0.2) is 35.4 Å². The quantitative estimate of drug-likeness (QED) is 0.840. The predicted molar refractivity (Wildman–Crippen MR) is 81.6 cm³/mol. The molecule has 1 aliphatic heterocycles. The number of aliphatic hydroxyl groups is 1. The van der Waals surface area contributed by atoms with Gasteiger partial charge in [-0.25, -0.2) is 0 Å². The maximum absolute atomic E-state index is 9.48. The molecule has 6 atom stereocenters. The fourth-order valence-electron chi connectivity index (χ4n) is 4.31. The van der Waals surface area contributed by atoms with Crippen LogP contribution in [0.2, 0.25) is 0 Å². The van der Waals surface area contributed by atoms with E-state index in [-0.39, 0.29) is 11.0 Å². The number of hydrogen-bond acceptors (Lipinski definition) is 2. The second-order valence-electron chi connectivity index (χ2n) is 6.75. The highest BCUT2D eigenvalue weighted by molar-refractivity contribution is 4.89. The minimum atomic E-state index is 0. The molecule has 1 saturated heterocycles. The molecule has 2 aliphatic rings. The molecule has 4 heteroatoms. The first-order valence-electron chi connectivity index (χ1n) is 7.86. The summed E-state index contributed by atoms with van der Waals surface area (Å²) in [6.45, 7) is 8.13. The third-order valence-corrected chi connectivity index (χ3v) is 5.57. The van der Waals surface area contributed by atoms with Crippen molar-refractivity contribution in [2.45, 2.75) is 59.0 Å². The minimum absolute atomic E-state index is 0. The average molecular weight is 290 g/mol. The maximum atomic E-state index is 9.48. The van der Waals surface area contributed by atoms with Crippen molar-refractivity contribution < 1.29 is 20.8 Å². The highest BCUT2D eigenvalue weighted by atomic mass is 16.5. The zero-order valence-electron chi connectivity index (χ0n) is 13.3. The normalized spacial score (nSPS) is 39.3. The number of fused-ring (bicyclic) bond motifs is 1. The summed E-state index contributed by atoms with van der Waals surface area (Å²) in [4.78, 5) is 0. The smallest absolute Gasteiger partial charge is 0.0547 e. The summed E-state index contributed by atoms with van der Waals surface area (Å²) < 4.78 is 5.87. The highest BCUT2D eigenvalue weighted by Crippen LogP contribution is 2.46. The fraction of sp³-hybridized carbons (Fsp3) is 1.00. The van der Waals surface area contributed by atoms with Gasteiger partial charge >= 0.3 is 0 Å². The minimum Gasteiger partial charge on any atom is -0.412 e. The molecule has 20 heavy (non-hydrogen) atoms. The molecule has 0 aromatic rings. The Kier molecular flexibility index (Phi) is 8.91. The molecule has 0 amide bonds. The van der Waals surface area contributed by atoms with Gasteiger partial charge in [-0.15, -0.1) is 0 Å². The van der Waals surface area contributed by atoms with Crippen LogP contribution in [0.5, 0.6) is 0 Å². The van der Waals surface area contributed by atoms with Gasteiger partial charge in [0.05, 0.1) is 6.10 Å². The van der Waals surface area contributed by atoms with Crippen molar-refractivity contribution in [1.29, 1.82) is 0 Å². The lowest BCUT2D eigenvalue weighted by atomic mass is 9.61. The first kappa shape index (κ1) is 19.8. The molecule has 1 aliphatic carbocycles. The SMILES string of the molecule is CC1CCC([C@@H](C)CO)C2CCO[C@@H](C)CCC12.O.O. The van der Waals surface area contributed by atoms with E-state index in [9.17, 15) is 5.11 Å². The van der Waals surface area contributed by atoms with E-state index >= 15 is 0 Å². The standard InChI is InChI=1S/C16H30O2.2H2O/c1-11-4-6-15(12(2)10-17)16-8-9-18-13(3)5-7-14(11)16;;/h11-17H,4-10H2,1-3H3;2*1H2/t11?,12-,13-,14?,15?,16?;;/m0../s1. The Balaban J connectivity index is 0.00000180. The monoisotopic (exact) mass is 290 g/mol. The molecule has 0 radical (unpaired) electrons. The zero-order valence-corrected chi connectivity index (χ0v) is 13.3. The molecule has 1 heterocycles. The van der Waals surface area contributed by atoms with Crippen LogP contribution >= 0.6 is 0 Å². The molecule has 5 N–H and O–H groups in total. The summed E-state index contributed by atoms with van der Waals surface area (Å²) in [6, 6.07) is 0. The molecule has 2 fully saturated rings. The van der Waals surface area contributed by atoms with Gasteiger partial charge in [-0.1, -0.05) is 20.3 Å². The summed E-state index contributed by atoms with van der Waals surface area (Å²) in [5.74, 6) is 3.69. The van der Waals surface area contributed by atoms with Gasteiger partial charge in [0.25, 0.3) is 0 Å². The Hall–Kier alpha value is -0.160. The number of hydrogen-bond donors (Lipinski definition) is 1. The fourth-order valence-corrected chi connectivity index (χ4v) is 4.31. The Morgan fingerprint density at radius 2 is 1.70 bits per heavy atom. The van der Waals surface area contributed by atoms with Crippen LogP contribution in [0.25, 0.3) is 0 Å². The Morgan fingerprint density at radius 1 is 1.00 bits per heavy atom. The Bertz CT molecular complexity index is 259. The van der Waals surface area contributed by atoms with Crippen LogP contribution in [0.15, 0.2) is 0 Å². The molecule has 4 nitrogen and oxygen atoms in total. The van der Waals surface area contributed by atoms with Crippen molar-refractivity contribution in [3.63, 3.8) is 0 Å². The first-order chi connectivity index (χ1) is 8.63. The lowest BCUT2D eigenvalue weighted by Gasteiger charge is -2.46. The Morgan fingerprint density at radius 3 is 2.35 bits per heavy atom. The van der Waals surface area contributed by atoms with E-state index in [1.807, 2.05) is 0 Å². The van der Waals surface area contributed by atoms with Gasteiger partial charge in [-0.3, -0.25) is 0 Å². The topological polar surface area (TPSA) is 92.5 Å². The van der Waals surface area contributed by atoms with Gasteiger partial charge < -0.3 is 20.8 Å². The van der Waals surface area contributed by atoms with Gasteiger partial charge in [0.2, 0.25) is 0 Å². The van der Waals surface area contributed by atoms with Gasteiger partial charge in [-0.2, -0.15) is 0 Å². The molecule has 122 valence electrons. The summed E-state index contributed by atoms with van der Waals surface area (Å²) in [5.41, 5.74) is 0. The van der Waals surface area contributed by atoms with Crippen molar-refractivity contribution in [1.82, 2.24) is 0 Å². The van der Waals surface area contributed by atoms with E-state index in [0.717, 1.165) is 24.4 Å². The van der Waals surface area contributed by atoms with Gasteiger partial charge in [0.15, 0.2) is 0 Å². The number of rotatable bonds is 2. The predicted octanol–water partition coefficient (Wildman–Crippen LogP) is 1.83. The van der Waals surface area contributed by atoms with E-state index < -0.39 is 0 Å². The van der Waals surface area contributed by atoms with Crippen molar-refractivity contribution in [2.24, 2.45) is 29.6 Å². The third-order valence-electron chi connectivity index (χ3n) is 5.57. The highest BCUT2D eigenvalue weighted by Gasteiger charge is 2.39. The Labute approximate surface area is 123 Å². The van der Waals surface area contributed by atoms with Crippen LogP contribution in [0.4, 0.5) is 0 Å². The van der Waals surface area contributed by atoms with E-state index in [0.29, 0.717) is 24.5 Å². The van der Waals surface area contributed by atoms with Gasteiger partial charge in [0, 0.05) is 13.2 Å². The average Bonchev–Trinajstić information content (AvgIpc) is 2.34. The van der Waals surface area contributed by atoms with Crippen molar-refractivity contribution in [3.8, 4) is 0 Å². The second kappa shape index (κ2) is 8.98. The van der Waals surface area contributed by atoms with Crippen LogP contribution in [0, 0.1) is 29.6 Å². The summed E-state index contributed by atoms with van der Waals surface area (Å²) >= 11 is 0. The summed E-state index contributed by atoms with van der Waals surface area (Å²) in [5, 5.41) is 9.48. The van der Waals surface area contributed by atoms with E-state index in [4.69, 9.17) is 4.74 Å². The zero-order chi connectivity index (χ0) is 13.1.